The number of hydrogen-bond acceptors (Lipinski definition) is 6. The first kappa shape index (κ1) is 22.7. The van der Waals surface area contributed by atoms with Crippen molar-refractivity contribution in [3.8, 4) is 5.75 Å². The Balaban J connectivity index is 1.27. The quantitative estimate of drug-likeness (QED) is 0.319. The highest BCUT2D eigenvalue weighted by Gasteiger charge is 2.56. The number of benzene rings is 2. The summed E-state index contributed by atoms with van der Waals surface area (Å²) in [5, 5.41) is 9.54. The van der Waals surface area contributed by atoms with Crippen LogP contribution < -0.4 is 4.74 Å². The zero-order valence-corrected chi connectivity index (χ0v) is 19.7. The smallest absolute Gasteiger partial charge is 0.338 e. The van der Waals surface area contributed by atoms with Crippen molar-refractivity contribution in [2.24, 2.45) is 17.3 Å². The molecule has 1 unspecified atom stereocenters. The number of nitrogens with zero attached hydrogens (tertiary/aromatic N) is 1. The van der Waals surface area contributed by atoms with Gasteiger partial charge in [0.2, 0.25) is 0 Å². The summed E-state index contributed by atoms with van der Waals surface area (Å²) in [4.78, 5) is 27.7. The van der Waals surface area contributed by atoms with Gasteiger partial charge in [-0.25, -0.2) is 4.79 Å². The first-order chi connectivity index (χ1) is 16.4. The lowest BCUT2D eigenvalue weighted by Gasteiger charge is -2.50. The highest BCUT2D eigenvalue weighted by Crippen LogP contribution is 2.61. The second kappa shape index (κ2) is 8.93. The van der Waals surface area contributed by atoms with Crippen LogP contribution in [0.4, 0.5) is 0 Å². The summed E-state index contributed by atoms with van der Waals surface area (Å²) >= 11 is 0. The van der Waals surface area contributed by atoms with E-state index in [1.807, 2.05) is 0 Å². The lowest BCUT2D eigenvalue weighted by atomic mass is 9.55. The molecule has 2 aromatic carbocycles. The van der Waals surface area contributed by atoms with E-state index < -0.39 is 5.09 Å². The summed E-state index contributed by atoms with van der Waals surface area (Å²) in [6.07, 6.45) is 6.35. The third kappa shape index (κ3) is 4.01. The summed E-state index contributed by atoms with van der Waals surface area (Å²) in [5.74, 6) is 2.38. The van der Waals surface area contributed by atoms with Crippen LogP contribution in [-0.4, -0.2) is 24.3 Å². The maximum atomic E-state index is 12.9. The molecular formula is C27H31NO6. The van der Waals surface area contributed by atoms with Crippen LogP contribution in [0.15, 0.2) is 42.5 Å². The Hall–Kier alpha value is -3.09. The molecule has 0 amide bonds. The fraction of sp³-hybridized carbons (Fsp3) is 0.519. The van der Waals surface area contributed by atoms with E-state index >= 15 is 0 Å². The lowest BCUT2D eigenvalue weighted by Crippen LogP contribution is -2.45. The van der Waals surface area contributed by atoms with Gasteiger partial charge in [0.15, 0.2) is 0 Å². The monoisotopic (exact) mass is 465 g/mol. The maximum Gasteiger partial charge on any atom is 0.338 e. The van der Waals surface area contributed by atoms with Crippen LogP contribution in [0, 0.1) is 27.4 Å². The van der Waals surface area contributed by atoms with Gasteiger partial charge in [-0.2, -0.15) is 0 Å². The summed E-state index contributed by atoms with van der Waals surface area (Å²) in [6, 6.07) is 13.2. The second-order valence-electron chi connectivity index (χ2n) is 10.2. The minimum atomic E-state index is -0.824. The second-order valence-corrected chi connectivity index (χ2v) is 10.2. The molecule has 2 aromatic rings. The topological polar surface area (TPSA) is 87.9 Å². The van der Waals surface area contributed by atoms with E-state index in [1.54, 1.807) is 31.4 Å². The van der Waals surface area contributed by atoms with E-state index in [9.17, 15) is 14.9 Å². The molecule has 2 fully saturated rings. The van der Waals surface area contributed by atoms with Gasteiger partial charge >= 0.3 is 5.97 Å². The molecule has 5 atom stereocenters. The SMILES string of the molecule is COc1ccc2c(c1)CC[C@@H]1C2CC[C@]2(C)[C@@H](OC(=O)c3ccc(CO[N+](=O)[O-])cc3)CC[C@@H]12. The molecule has 0 bridgehead atoms. The molecular weight excluding hydrogens is 434 g/mol. The number of fused-ring (bicyclic) bond motifs is 5. The third-order valence-electron chi connectivity index (χ3n) is 8.62. The van der Waals surface area contributed by atoms with Gasteiger partial charge < -0.3 is 14.3 Å². The van der Waals surface area contributed by atoms with Gasteiger partial charge in [0, 0.05) is 5.41 Å². The first-order valence-electron chi connectivity index (χ1n) is 12.1. The van der Waals surface area contributed by atoms with E-state index in [4.69, 9.17) is 9.47 Å². The van der Waals surface area contributed by atoms with Crippen molar-refractivity contribution in [1.29, 1.82) is 0 Å². The Kier molecular flexibility index (Phi) is 5.96. The van der Waals surface area contributed by atoms with Gasteiger partial charge in [0.05, 0.1) is 12.7 Å². The lowest BCUT2D eigenvalue weighted by molar-refractivity contribution is -0.763. The molecule has 0 aliphatic heterocycles. The third-order valence-corrected chi connectivity index (χ3v) is 8.62. The number of carbonyl (C=O) groups excluding carboxylic acids is 1. The minimum absolute atomic E-state index is 0.000289. The van der Waals surface area contributed by atoms with E-state index in [2.05, 4.69) is 30.0 Å². The normalized spacial score (nSPS) is 29.4. The minimum Gasteiger partial charge on any atom is -0.497 e. The van der Waals surface area contributed by atoms with Crippen molar-refractivity contribution in [2.45, 2.75) is 64.1 Å². The standard InChI is InChI=1S/C27H31NO6/c1-27-14-13-22-21-10-8-20(32-2)15-19(21)7-9-23(22)24(27)11-12-25(27)34-26(29)18-5-3-17(4-6-18)16-33-28(30)31/h3-6,8,10,15,22-25H,7,9,11-14,16H2,1-2H3/t22?,23-,24+,25+,27+/m1/s1. The van der Waals surface area contributed by atoms with Gasteiger partial charge in [-0.15, -0.1) is 10.1 Å². The molecule has 7 nitrogen and oxygen atoms in total. The van der Waals surface area contributed by atoms with Gasteiger partial charge in [-0.05, 0) is 97.2 Å². The number of methoxy groups -OCH3 is 1. The molecule has 3 aliphatic carbocycles. The van der Waals surface area contributed by atoms with Gasteiger partial charge in [0.25, 0.3) is 5.09 Å². The molecule has 0 N–H and O–H groups in total. The molecule has 0 radical (unpaired) electrons. The van der Waals surface area contributed by atoms with E-state index in [-0.39, 0.29) is 24.1 Å². The van der Waals surface area contributed by atoms with Crippen LogP contribution in [0.25, 0.3) is 0 Å². The fourth-order valence-electron chi connectivity index (χ4n) is 6.89. The number of ether oxygens (including phenoxy) is 2. The van der Waals surface area contributed by atoms with E-state index in [0.717, 1.165) is 37.9 Å². The summed E-state index contributed by atoms with van der Waals surface area (Å²) in [5.41, 5.74) is 4.01. The molecule has 0 spiro atoms. The van der Waals surface area contributed by atoms with Crippen LogP contribution in [0.3, 0.4) is 0 Å². The Morgan fingerprint density at radius 1 is 1.12 bits per heavy atom. The number of esters is 1. The van der Waals surface area contributed by atoms with Gasteiger partial charge in [0.1, 0.15) is 18.5 Å². The van der Waals surface area contributed by atoms with Crippen LogP contribution in [0.2, 0.25) is 0 Å². The number of carbonyl (C=O) groups is 1. The maximum absolute atomic E-state index is 12.9. The fourth-order valence-corrected chi connectivity index (χ4v) is 6.89. The molecule has 180 valence electrons. The van der Waals surface area contributed by atoms with Crippen LogP contribution in [-0.2, 0) is 22.6 Å². The van der Waals surface area contributed by atoms with Crippen molar-refractivity contribution in [1.82, 2.24) is 0 Å². The summed E-state index contributed by atoms with van der Waals surface area (Å²) in [6.45, 7) is 2.18. The Bertz CT molecular complexity index is 1080. The molecule has 0 heterocycles. The number of hydrogen-bond donors (Lipinski definition) is 0. The largest absolute Gasteiger partial charge is 0.497 e. The molecule has 3 aliphatic rings. The van der Waals surface area contributed by atoms with Crippen molar-refractivity contribution in [3.63, 3.8) is 0 Å². The predicted molar refractivity (Wildman–Crippen MR) is 125 cm³/mol. The Labute approximate surface area is 199 Å². The highest BCUT2D eigenvalue weighted by atomic mass is 16.9. The van der Waals surface area contributed by atoms with Crippen molar-refractivity contribution in [3.05, 3.63) is 74.8 Å². The van der Waals surface area contributed by atoms with Crippen LogP contribution in [0.5, 0.6) is 5.75 Å². The average Bonchev–Trinajstić information content (AvgIpc) is 3.18. The van der Waals surface area contributed by atoms with Gasteiger partial charge in [-0.1, -0.05) is 25.1 Å². The number of rotatable bonds is 6. The van der Waals surface area contributed by atoms with Crippen molar-refractivity contribution in [2.75, 3.05) is 7.11 Å². The van der Waals surface area contributed by atoms with E-state index in [0.29, 0.717) is 28.9 Å². The molecule has 0 aromatic heterocycles. The zero-order valence-electron chi connectivity index (χ0n) is 19.7. The highest BCUT2D eigenvalue weighted by molar-refractivity contribution is 5.89. The molecule has 0 saturated heterocycles. The van der Waals surface area contributed by atoms with Crippen molar-refractivity contribution >= 4 is 5.97 Å². The predicted octanol–water partition coefficient (Wildman–Crippen LogP) is 5.49. The van der Waals surface area contributed by atoms with Crippen LogP contribution in [0.1, 0.15) is 72.0 Å². The molecule has 2 saturated carbocycles. The molecule has 34 heavy (non-hydrogen) atoms. The molecule has 7 heteroatoms. The van der Waals surface area contributed by atoms with Crippen molar-refractivity contribution < 1.29 is 24.2 Å². The Morgan fingerprint density at radius 2 is 1.91 bits per heavy atom. The first-order valence-corrected chi connectivity index (χ1v) is 12.1. The Morgan fingerprint density at radius 3 is 2.65 bits per heavy atom. The zero-order chi connectivity index (χ0) is 23.9. The summed E-state index contributed by atoms with van der Waals surface area (Å²) < 4.78 is 11.5. The van der Waals surface area contributed by atoms with Crippen LogP contribution >= 0.6 is 0 Å². The average molecular weight is 466 g/mol. The summed E-state index contributed by atoms with van der Waals surface area (Å²) in [7, 11) is 1.72. The van der Waals surface area contributed by atoms with Gasteiger partial charge in [-0.3, -0.25) is 0 Å². The van der Waals surface area contributed by atoms with E-state index in [1.165, 1.54) is 17.5 Å². The molecule has 5 rings (SSSR count). The number of aryl methyl sites for hydroxylation is 1.